The molecule has 18 heavy (non-hydrogen) atoms. The molecule has 0 bridgehead atoms. The number of hydrogen-bond acceptors (Lipinski definition) is 2. The van der Waals surface area contributed by atoms with Gasteiger partial charge >= 0.3 is 0 Å². The molecule has 3 heteroatoms. The normalized spacial score (nSPS) is 11.4. The van der Waals surface area contributed by atoms with Gasteiger partial charge in [0, 0.05) is 17.9 Å². The molecule has 1 amide bonds. The Morgan fingerprint density at radius 1 is 1.44 bits per heavy atom. The first-order chi connectivity index (χ1) is 8.67. The van der Waals surface area contributed by atoms with Crippen molar-refractivity contribution in [3.05, 3.63) is 41.5 Å². The van der Waals surface area contributed by atoms with Gasteiger partial charge in [0.05, 0.1) is 0 Å². The Balaban J connectivity index is 2.67. The lowest BCUT2D eigenvalue weighted by atomic mass is 10.1. The molecule has 0 heterocycles. The summed E-state index contributed by atoms with van der Waals surface area (Å²) in [5.41, 5.74) is 2.66. The average Bonchev–Trinajstić information content (AvgIpc) is 2.37. The Bertz CT molecular complexity index is 424. The van der Waals surface area contributed by atoms with Crippen molar-refractivity contribution in [1.29, 1.82) is 0 Å². The third kappa shape index (κ3) is 4.72. The zero-order valence-electron chi connectivity index (χ0n) is 11.1. The molecule has 0 aliphatic carbocycles. The number of nitrogens with one attached hydrogen (secondary N) is 1. The summed E-state index contributed by atoms with van der Waals surface area (Å²) in [4.78, 5) is 11.8. The third-order valence-corrected chi connectivity index (χ3v) is 2.68. The minimum Gasteiger partial charge on any atom is -0.396 e. The minimum absolute atomic E-state index is 0.0591. The van der Waals surface area contributed by atoms with Gasteiger partial charge in [-0.15, -0.1) is 0 Å². The molecule has 98 valence electrons. The topological polar surface area (TPSA) is 49.3 Å². The van der Waals surface area contributed by atoms with Gasteiger partial charge in [0.1, 0.15) is 0 Å². The van der Waals surface area contributed by atoms with Gasteiger partial charge < -0.3 is 10.4 Å². The monoisotopic (exact) mass is 247 g/mol. The Labute approximate surface area is 109 Å². The first-order valence-corrected chi connectivity index (χ1v) is 6.35. The van der Waals surface area contributed by atoms with Gasteiger partial charge in [-0.2, -0.15) is 0 Å². The molecule has 0 unspecified atom stereocenters. The highest BCUT2D eigenvalue weighted by Gasteiger charge is 2.04. The van der Waals surface area contributed by atoms with Gasteiger partial charge in [-0.3, -0.25) is 4.79 Å². The second-order valence-electron chi connectivity index (χ2n) is 4.28. The molecule has 0 aromatic heterocycles. The van der Waals surface area contributed by atoms with Crippen LogP contribution >= 0.6 is 0 Å². The van der Waals surface area contributed by atoms with E-state index >= 15 is 0 Å². The van der Waals surface area contributed by atoms with Crippen molar-refractivity contribution in [3.8, 4) is 0 Å². The molecule has 0 aliphatic rings. The van der Waals surface area contributed by atoms with Crippen LogP contribution in [-0.2, 0) is 11.2 Å². The molecule has 3 nitrogen and oxygen atoms in total. The molecule has 0 aliphatic heterocycles. The zero-order chi connectivity index (χ0) is 13.4. The number of carbonyl (C=O) groups excluding carboxylic acids is 1. The number of aryl methyl sites for hydroxylation is 1. The van der Waals surface area contributed by atoms with Crippen molar-refractivity contribution in [2.45, 2.75) is 33.1 Å². The molecule has 1 aromatic rings. The first-order valence-electron chi connectivity index (χ1n) is 6.35. The fraction of sp³-hybridized carbons (Fsp3) is 0.400. The quantitative estimate of drug-likeness (QED) is 0.759. The standard InChI is InChI=1S/C15H21NO2/c1-3-6-12(2)15(18)16-14-9-4-7-13(11-14)8-5-10-17/h4,6-7,9,11,17H,3,5,8,10H2,1-2H3,(H,16,18)/b12-6-. The maximum absolute atomic E-state index is 11.8. The maximum Gasteiger partial charge on any atom is 0.250 e. The number of hydrogen-bond donors (Lipinski definition) is 2. The van der Waals surface area contributed by atoms with Crippen molar-refractivity contribution in [2.75, 3.05) is 11.9 Å². The van der Waals surface area contributed by atoms with E-state index in [9.17, 15) is 4.79 Å². The molecule has 1 rings (SSSR count). The number of aliphatic hydroxyl groups is 1. The lowest BCUT2D eigenvalue weighted by Crippen LogP contribution is -2.12. The van der Waals surface area contributed by atoms with Crippen LogP contribution in [0.4, 0.5) is 5.69 Å². The van der Waals surface area contributed by atoms with E-state index < -0.39 is 0 Å². The summed E-state index contributed by atoms with van der Waals surface area (Å²) in [6.45, 7) is 4.01. The summed E-state index contributed by atoms with van der Waals surface area (Å²) in [6, 6.07) is 7.74. The van der Waals surface area contributed by atoms with E-state index in [0.29, 0.717) is 0 Å². The largest absolute Gasteiger partial charge is 0.396 e. The second kappa shape index (κ2) is 7.67. The summed E-state index contributed by atoms with van der Waals surface area (Å²) in [5.74, 6) is -0.0591. The molecule has 0 saturated carbocycles. The van der Waals surface area contributed by atoms with Gasteiger partial charge in [0.25, 0.3) is 5.91 Å². The molecule has 0 atom stereocenters. The number of amides is 1. The van der Waals surface area contributed by atoms with Crippen LogP contribution < -0.4 is 5.32 Å². The number of benzene rings is 1. The van der Waals surface area contributed by atoms with Crippen LogP contribution in [0.3, 0.4) is 0 Å². The molecular weight excluding hydrogens is 226 g/mol. The molecule has 0 saturated heterocycles. The molecule has 1 aromatic carbocycles. The fourth-order valence-corrected chi connectivity index (χ4v) is 1.72. The highest BCUT2D eigenvalue weighted by Crippen LogP contribution is 2.13. The Kier molecular flexibility index (Phi) is 6.15. The average molecular weight is 247 g/mol. The SMILES string of the molecule is CC/C=C(/C)C(=O)Nc1cccc(CCCO)c1. The Morgan fingerprint density at radius 3 is 2.89 bits per heavy atom. The highest BCUT2D eigenvalue weighted by molar-refractivity contribution is 6.03. The first kappa shape index (κ1) is 14.5. The van der Waals surface area contributed by atoms with Crippen molar-refractivity contribution in [1.82, 2.24) is 0 Å². The summed E-state index contributed by atoms with van der Waals surface area (Å²) in [6.07, 6.45) is 4.33. The molecule has 0 radical (unpaired) electrons. The maximum atomic E-state index is 11.8. The summed E-state index contributed by atoms with van der Waals surface area (Å²) < 4.78 is 0. The molecule has 2 N–H and O–H groups in total. The van der Waals surface area contributed by atoms with Crippen LogP contribution in [-0.4, -0.2) is 17.6 Å². The van der Waals surface area contributed by atoms with Crippen molar-refractivity contribution in [2.24, 2.45) is 0 Å². The van der Waals surface area contributed by atoms with Gasteiger partial charge in [-0.1, -0.05) is 25.1 Å². The van der Waals surface area contributed by atoms with Crippen LogP contribution in [0, 0.1) is 0 Å². The van der Waals surface area contributed by atoms with Crippen LogP contribution in [0.15, 0.2) is 35.9 Å². The number of rotatable bonds is 6. The fourth-order valence-electron chi connectivity index (χ4n) is 1.72. The van der Waals surface area contributed by atoms with Crippen LogP contribution in [0.5, 0.6) is 0 Å². The third-order valence-electron chi connectivity index (χ3n) is 2.68. The minimum atomic E-state index is -0.0591. The summed E-state index contributed by atoms with van der Waals surface area (Å²) in [5, 5.41) is 11.7. The Morgan fingerprint density at radius 2 is 2.22 bits per heavy atom. The van der Waals surface area contributed by atoms with E-state index in [1.807, 2.05) is 44.2 Å². The van der Waals surface area contributed by atoms with E-state index in [1.54, 1.807) is 0 Å². The number of aliphatic hydroxyl groups excluding tert-OH is 1. The van der Waals surface area contributed by atoms with Crippen LogP contribution in [0.25, 0.3) is 0 Å². The van der Waals surface area contributed by atoms with Crippen LogP contribution in [0.1, 0.15) is 32.3 Å². The van der Waals surface area contributed by atoms with E-state index in [-0.39, 0.29) is 12.5 Å². The Hall–Kier alpha value is -1.61. The van der Waals surface area contributed by atoms with E-state index in [1.165, 1.54) is 0 Å². The molecular formula is C15H21NO2. The van der Waals surface area contributed by atoms with Crippen LogP contribution in [0.2, 0.25) is 0 Å². The predicted octanol–water partition coefficient (Wildman–Crippen LogP) is 2.91. The lowest BCUT2D eigenvalue weighted by Gasteiger charge is -2.07. The van der Waals surface area contributed by atoms with E-state index in [2.05, 4.69) is 5.32 Å². The number of carbonyl (C=O) groups is 1. The second-order valence-corrected chi connectivity index (χ2v) is 4.28. The molecule has 0 spiro atoms. The smallest absolute Gasteiger partial charge is 0.250 e. The van der Waals surface area contributed by atoms with E-state index in [0.717, 1.165) is 36.1 Å². The summed E-state index contributed by atoms with van der Waals surface area (Å²) in [7, 11) is 0. The number of anilines is 1. The van der Waals surface area contributed by atoms with Crippen molar-refractivity contribution in [3.63, 3.8) is 0 Å². The van der Waals surface area contributed by atoms with Gasteiger partial charge in [-0.25, -0.2) is 0 Å². The van der Waals surface area contributed by atoms with Gasteiger partial charge in [-0.05, 0) is 43.9 Å². The predicted molar refractivity (Wildman–Crippen MR) is 74.5 cm³/mol. The summed E-state index contributed by atoms with van der Waals surface area (Å²) >= 11 is 0. The lowest BCUT2D eigenvalue weighted by molar-refractivity contribution is -0.112. The zero-order valence-corrected chi connectivity index (χ0v) is 11.1. The highest BCUT2D eigenvalue weighted by atomic mass is 16.2. The van der Waals surface area contributed by atoms with Gasteiger partial charge in [0.2, 0.25) is 0 Å². The van der Waals surface area contributed by atoms with Gasteiger partial charge in [0.15, 0.2) is 0 Å². The number of allylic oxidation sites excluding steroid dienone is 1. The van der Waals surface area contributed by atoms with E-state index in [4.69, 9.17) is 5.11 Å². The van der Waals surface area contributed by atoms with Crippen molar-refractivity contribution >= 4 is 11.6 Å². The van der Waals surface area contributed by atoms with Crippen molar-refractivity contribution < 1.29 is 9.90 Å². The molecule has 0 fully saturated rings.